The second-order valence-corrected chi connectivity index (χ2v) is 10.8. The second-order valence-electron chi connectivity index (χ2n) is 6.05. The highest BCUT2D eigenvalue weighted by Crippen LogP contribution is 2.45. The van der Waals surface area contributed by atoms with Crippen LogP contribution in [0.1, 0.15) is 25.7 Å². The van der Waals surface area contributed by atoms with Gasteiger partial charge in [0.05, 0.1) is 15.1 Å². The predicted molar refractivity (Wildman–Crippen MR) is 103 cm³/mol. The fourth-order valence-corrected chi connectivity index (χ4v) is 5.60. The van der Waals surface area contributed by atoms with E-state index in [-0.39, 0.29) is 11.4 Å². The number of hydrogen-bond acceptors (Lipinski definition) is 11. The van der Waals surface area contributed by atoms with Crippen LogP contribution in [0.15, 0.2) is 43.2 Å². The zero-order valence-corrected chi connectivity index (χ0v) is 16.8. The Hall–Kier alpha value is -1.99. The van der Waals surface area contributed by atoms with Crippen LogP contribution in [0.2, 0.25) is 0 Å². The van der Waals surface area contributed by atoms with Crippen LogP contribution >= 0.6 is 23.1 Å². The summed E-state index contributed by atoms with van der Waals surface area (Å²) in [4.78, 5) is 14.0. The van der Waals surface area contributed by atoms with E-state index in [1.54, 1.807) is 6.07 Å². The van der Waals surface area contributed by atoms with Gasteiger partial charge < -0.3 is 0 Å². The van der Waals surface area contributed by atoms with E-state index >= 15 is 0 Å². The van der Waals surface area contributed by atoms with Gasteiger partial charge in [0.2, 0.25) is 4.99 Å². The van der Waals surface area contributed by atoms with Crippen molar-refractivity contribution in [2.24, 2.45) is 20.7 Å². The lowest BCUT2D eigenvalue weighted by Gasteiger charge is -2.17. The SMILES string of the molecule is CS(=O)(=O)CCCCCC1(Sc2nc3ccc([N+](=O)[O-])cc3s2)N=NN=N1. The summed E-state index contributed by atoms with van der Waals surface area (Å²) in [5.74, 6) is 0.160. The molecule has 1 aliphatic rings. The monoisotopic (exact) mass is 428 g/mol. The summed E-state index contributed by atoms with van der Waals surface area (Å²) in [6, 6.07) is 4.53. The molecular weight excluding hydrogens is 412 g/mol. The van der Waals surface area contributed by atoms with Crippen molar-refractivity contribution in [2.45, 2.75) is 35.0 Å². The first-order valence-corrected chi connectivity index (χ1v) is 11.7. The number of benzene rings is 1. The van der Waals surface area contributed by atoms with Gasteiger partial charge in [-0.3, -0.25) is 10.1 Å². The number of rotatable bonds is 9. The minimum Gasteiger partial charge on any atom is -0.258 e. The Morgan fingerprint density at radius 2 is 1.96 bits per heavy atom. The van der Waals surface area contributed by atoms with E-state index in [4.69, 9.17) is 0 Å². The number of nitro groups is 1. The number of aromatic nitrogens is 1. The van der Waals surface area contributed by atoms with E-state index < -0.39 is 19.8 Å². The van der Waals surface area contributed by atoms with Crippen molar-refractivity contribution in [3.8, 4) is 0 Å². The smallest absolute Gasteiger partial charge is 0.258 e. The summed E-state index contributed by atoms with van der Waals surface area (Å²) in [5, 5.41) is 26.4. The first-order valence-electron chi connectivity index (χ1n) is 8.02. The number of hydrogen-bond donors (Lipinski definition) is 0. The molecule has 0 aliphatic carbocycles. The number of nitrogens with zero attached hydrogens (tertiary/aromatic N) is 6. The van der Waals surface area contributed by atoms with Gasteiger partial charge in [-0.1, -0.05) is 6.42 Å². The van der Waals surface area contributed by atoms with Gasteiger partial charge in [-0.15, -0.1) is 21.6 Å². The number of thiazole rings is 1. The molecule has 0 radical (unpaired) electrons. The molecule has 0 atom stereocenters. The average Bonchev–Trinajstić information content (AvgIpc) is 3.19. The van der Waals surface area contributed by atoms with Gasteiger partial charge in [0.1, 0.15) is 9.84 Å². The number of thioether (sulfide) groups is 1. The maximum absolute atomic E-state index is 11.2. The van der Waals surface area contributed by atoms with Crippen molar-refractivity contribution < 1.29 is 13.3 Å². The summed E-state index contributed by atoms with van der Waals surface area (Å²) >= 11 is 2.63. The molecule has 0 saturated carbocycles. The summed E-state index contributed by atoms with van der Waals surface area (Å²) in [7, 11) is -2.96. The van der Waals surface area contributed by atoms with E-state index in [1.807, 2.05) is 0 Å². The highest BCUT2D eigenvalue weighted by atomic mass is 32.2. The summed E-state index contributed by atoms with van der Waals surface area (Å²) in [6.07, 6.45) is 3.80. The molecule has 0 spiro atoms. The lowest BCUT2D eigenvalue weighted by molar-refractivity contribution is -0.384. The summed E-state index contributed by atoms with van der Waals surface area (Å²) < 4.78 is 23.7. The highest BCUT2D eigenvalue weighted by molar-refractivity contribution is 8.02. The third kappa shape index (κ3) is 5.26. The van der Waals surface area contributed by atoms with Crippen LogP contribution in [0.4, 0.5) is 5.69 Å². The van der Waals surface area contributed by atoms with Crippen LogP contribution < -0.4 is 0 Å². The zero-order valence-electron chi connectivity index (χ0n) is 14.3. The topological polar surface area (TPSA) is 140 Å². The minimum absolute atomic E-state index is 0.0172. The minimum atomic E-state index is -2.96. The third-order valence-electron chi connectivity index (χ3n) is 3.77. The molecule has 10 nitrogen and oxygen atoms in total. The number of unbranched alkanes of at least 4 members (excludes halogenated alkanes) is 2. The van der Waals surface area contributed by atoms with Gasteiger partial charge in [0.15, 0.2) is 4.34 Å². The average molecular weight is 429 g/mol. The molecule has 1 aliphatic heterocycles. The van der Waals surface area contributed by atoms with Gasteiger partial charge in [0, 0.05) is 30.6 Å². The van der Waals surface area contributed by atoms with Crippen molar-refractivity contribution in [1.29, 1.82) is 0 Å². The fraction of sp³-hybridized carbons (Fsp3) is 0.500. The Morgan fingerprint density at radius 3 is 2.63 bits per heavy atom. The normalized spacial score (nSPS) is 15.6. The maximum Gasteiger partial charge on any atom is 0.270 e. The van der Waals surface area contributed by atoms with E-state index in [9.17, 15) is 18.5 Å². The van der Waals surface area contributed by atoms with E-state index in [0.29, 0.717) is 27.4 Å². The van der Waals surface area contributed by atoms with Crippen LogP contribution in [-0.4, -0.2) is 35.3 Å². The number of fused-ring (bicyclic) bond motifs is 1. The Morgan fingerprint density at radius 1 is 1.22 bits per heavy atom. The molecule has 0 fully saturated rings. The Kier molecular flexibility index (Phi) is 5.81. The summed E-state index contributed by atoms with van der Waals surface area (Å²) in [5.41, 5.74) is 0.687. The van der Waals surface area contributed by atoms with Crippen molar-refractivity contribution >= 4 is 48.8 Å². The van der Waals surface area contributed by atoms with Crippen molar-refractivity contribution in [3.63, 3.8) is 0 Å². The van der Waals surface area contributed by atoms with Gasteiger partial charge in [-0.2, -0.15) is 0 Å². The first kappa shape index (κ1) is 19.8. The molecule has 1 aromatic heterocycles. The molecular formula is C14H16N6O4S3. The second kappa shape index (κ2) is 7.94. The van der Waals surface area contributed by atoms with Gasteiger partial charge in [-0.25, -0.2) is 13.4 Å². The number of sulfone groups is 1. The molecule has 27 heavy (non-hydrogen) atoms. The van der Waals surface area contributed by atoms with Gasteiger partial charge in [-0.05, 0) is 41.1 Å². The standard InChI is InChI=1S/C14H16N6O4S3/c1-27(23,24)8-4-2-3-7-14(16-18-19-17-14)26-13-15-11-6-5-10(20(21)22)9-12(11)25-13/h5-6,9H,2-4,7-8H2,1H3. The molecule has 0 amide bonds. The molecule has 2 heterocycles. The Labute approximate surface area is 163 Å². The molecule has 144 valence electrons. The van der Waals surface area contributed by atoms with Crippen LogP contribution in [0.3, 0.4) is 0 Å². The lowest BCUT2D eigenvalue weighted by Crippen LogP contribution is -2.16. The number of non-ortho nitro benzene ring substituents is 1. The van der Waals surface area contributed by atoms with Crippen LogP contribution in [0.25, 0.3) is 10.2 Å². The molecule has 1 aromatic carbocycles. The molecule has 0 saturated heterocycles. The van der Waals surface area contributed by atoms with Crippen LogP contribution in [0.5, 0.6) is 0 Å². The maximum atomic E-state index is 11.2. The van der Waals surface area contributed by atoms with E-state index in [0.717, 1.165) is 12.8 Å². The van der Waals surface area contributed by atoms with Crippen LogP contribution in [-0.2, 0) is 9.84 Å². The Balaban J connectivity index is 1.67. The first-order chi connectivity index (χ1) is 12.8. The predicted octanol–water partition coefficient (Wildman–Crippen LogP) is 4.39. The van der Waals surface area contributed by atoms with Gasteiger partial charge in [0.25, 0.3) is 5.69 Å². The molecule has 13 heteroatoms. The quantitative estimate of drug-likeness (QED) is 0.329. The summed E-state index contributed by atoms with van der Waals surface area (Å²) in [6.45, 7) is 0. The third-order valence-corrected chi connectivity index (χ3v) is 7.08. The Bertz CT molecular complexity index is 1010. The highest BCUT2D eigenvalue weighted by Gasteiger charge is 2.35. The van der Waals surface area contributed by atoms with Crippen molar-refractivity contribution in [3.05, 3.63) is 28.3 Å². The fourth-order valence-electron chi connectivity index (χ4n) is 2.48. The zero-order chi connectivity index (χ0) is 19.5. The van der Waals surface area contributed by atoms with E-state index in [2.05, 4.69) is 25.7 Å². The largest absolute Gasteiger partial charge is 0.270 e. The van der Waals surface area contributed by atoms with Gasteiger partial charge >= 0.3 is 0 Å². The van der Waals surface area contributed by atoms with Crippen LogP contribution in [0, 0.1) is 10.1 Å². The van der Waals surface area contributed by atoms with Crippen molar-refractivity contribution in [2.75, 3.05) is 12.0 Å². The van der Waals surface area contributed by atoms with Crippen molar-refractivity contribution in [1.82, 2.24) is 4.98 Å². The molecule has 3 rings (SSSR count). The lowest BCUT2D eigenvalue weighted by atomic mass is 10.2. The van der Waals surface area contributed by atoms with E-state index in [1.165, 1.54) is 41.5 Å². The molecule has 0 unspecified atom stereocenters. The molecule has 2 aromatic rings. The molecule has 0 bridgehead atoms. The molecule has 0 N–H and O–H groups in total. The number of nitro benzene ring substituents is 1.